The summed E-state index contributed by atoms with van der Waals surface area (Å²) in [6.07, 6.45) is -0.253. The van der Waals surface area contributed by atoms with Crippen LogP contribution in [0.15, 0.2) is 35.5 Å². The molecule has 0 atom stereocenters. The number of hydrogen-bond acceptors (Lipinski definition) is 6. The Labute approximate surface area is 146 Å². The second kappa shape index (κ2) is 8.27. The predicted molar refractivity (Wildman–Crippen MR) is 91.1 cm³/mol. The Morgan fingerprint density at radius 1 is 1.20 bits per heavy atom. The molecule has 0 saturated carbocycles. The van der Waals surface area contributed by atoms with Crippen LogP contribution in [0.1, 0.15) is 41.0 Å². The number of alkyl carbamates (subject to hydrolysis) is 1. The molecule has 0 spiro atoms. The molecule has 0 aliphatic rings. The van der Waals surface area contributed by atoms with Gasteiger partial charge >= 0.3 is 12.1 Å². The van der Waals surface area contributed by atoms with Crippen molar-refractivity contribution in [2.24, 2.45) is 0 Å². The monoisotopic (exact) mass is 350 g/mol. The fraction of sp³-hybridized carbons (Fsp3) is 0.412. The van der Waals surface area contributed by atoms with Crippen molar-refractivity contribution >= 4 is 17.7 Å². The maximum atomic E-state index is 12.3. The number of carbonyl (C=O) groups excluding carboxylic acids is 2. The minimum absolute atomic E-state index is 0.0184. The van der Waals surface area contributed by atoms with Gasteiger partial charge in [0.25, 0.3) is 5.69 Å². The molecule has 0 aromatic heterocycles. The lowest BCUT2D eigenvalue weighted by Gasteiger charge is -2.20. The van der Waals surface area contributed by atoms with Crippen LogP contribution >= 0.6 is 0 Å². The highest BCUT2D eigenvalue weighted by atomic mass is 16.6. The number of non-ortho nitro benzene ring substituents is 1. The molecule has 0 fully saturated rings. The topological polar surface area (TPSA) is 108 Å². The van der Waals surface area contributed by atoms with Crippen molar-refractivity contribution in [3.63, 3.8) is 0 Å². The molecule has 1 amide bonds. The molecule has 0 saturated heterocycles. The molecule has 8 nitrogen and oxygen atoms in total. The van der Waals surface area contributed by atoms with E-state index in [0.29, 0.717) is 12.0 Å². The zero-order valence-corrected chi connectivity index (χ0v) is 14.9. The van der Waals surface area contributed by atoms with E-state index in [-0.39, 0.29) is 17.1 Å². The van der Waals surface area contributed by atoms with Crippen LogP contribution in [-0.4, -0.2) is 22.6 Å². The van der Waals surface area contributed by atoms with Gasteiger partial charge < -0.3 is 9.47 Å². The van der Waals surface area contributed by atoms with Gasteiger partial charge in [-0.05, 0) is 51.8 Å². The minimum Gasteiger partial charge on any atom is -0.444 e. The van der Waals surface area contributed by atoms with E-state index in [0.717, 1.165) is 0 Å². The number of nitro groups is 1. The number of esters is 1. The van der Waals surface area contributed by atoms with Crippen molar-refractivity contribution in [3.05, 3.63) is 45.6 Å². The number of benzene rings is 1. The van der Waals surface area contributed by atoms with Gasteiger partial charge in [0.1, 0.15) is 17.0 Å². The summed E-state index contributed by atoms with van der Waals surface area (Å²) in [5, 5.41) is 13.0. The Morgan fingerprint density at radius 2 is 1.76 bits per heavy atom. The molecule has 0 radical (unpaired) electrons. The van der Waals surface area contributed by atoms with E-state index in [1.807, 2.05) is 6.92 Å². The van der Waals surface area contributed by atoms with E-state index in [2.05, 4.69) is 5.32 Å². The Kier molecular flexibility index (Phi) is 6.67. The summed E-state index contributed by atoms with van der Waals surface area (Å²) in [5.74, 6) is -0.651. The molecule has 1 aromatic rings. The third kappa shape index (κ3) is 6.62. The van der Waals surface area contributed by atoms with Gasteiger partial charge in [-0.25, -0.2) is 9.59 Å². The van der Waals surface area contributed by atoms with Crippen LogP contribution in [-0.2, 0) is 9.53 Å². The highest BCUT2D eigenvalue weighted by Gasteiger charge is 2.22. The Balaban J connectivity index is 2.91. The van der Waals surface area contributed by atoms with Crippen LogP contribution < -0.4 is 10.1 Å². The van der Waals surface area contributed by atoms with Crippen LogP contribution in [0.2, 0.25) is 0 Å². The number of nitrogens with zero attached hydrogens (tertiary/aromatic N) is 1. The lowest BCUT2D eigenvalue weighted by atomic mass is 10.2. The minimum atomic E-state index is -0.779. The first-order chi connectivity index (χ1) is 11.5. The molecule has 0 aliphatic heterocycles. The van der Waals surface area contributed by atoms with E-state index in [9.17, 15) is 19.7 Å². The number of rotatable bonds is 5. The lowest BCUT2D eigenvalue weighted by molar-refractivity contribution is -0.384. The van der Waals surface area contributed by atoms with Gasteiger partial charge in [-0.2, -0.15) is 0 Å². The zero-order chi connectivity index (χ0) is 19.2. The van der Waals surface area contributed by atoms with E-state index in [1.165, 1.54) is 24.3 Å². The number of ether oxygens (including phenoxy) is 2. The smallest absolute Gasteiger partial charge is 0.412 e. The van der Waals surface area contributed by atoms with Crippen LogP contribution in [0.4, 0.5) is 10.5 Å². The highest BCUT2D eigenvalue weighted by Crippen LogP contribution is 2.19. The van der Waals surface area contributed by atoms with Gasteiger partial charge in [0.2, 0.25) is 0 Å². The van der Waals surface area contributed by atoms with Crippen molar-refractivity contribution in [3.8, 4) is 5.75 Å². The van der Waals surface area contributed by atoms with Crippen molar-refractivity contribution in [2.45, 2.75) is 46.6 Å². The van der Waals surface area contributed by atoms with Crippen LogP contribution in [0.5, 0.6) is 5.75 Å². The van der Waals surface area contributed by atoms with Crippen molar-refractivity contribution < 1.29 is 24.0 Å². The summed E-state index contributed by atoms with van der Waals surface area (Å²) < 4.78 is 10.3. The standard InChI is InChI=1S/C17H22N2O6/c1-6-11(2)14(18-16(21)25-17(3,4)5)15(20)24-13-9-7-12(8-10-13)19(22)23/h7-10H,6H2,1-5H3,(H,18,21)/b14-11-. The summed E-state index contributed by atoms with van der Waals surface area (Å²) in [6.45, 7) is 8.63. The second-order valence-corrected chi connectivity index (χ2v) is 6.28. The van der Waals surface area contributed by atoms with E-state index >= 15 is 0 Å². The van der Waals surface area contributed by atoms with E-state index < -0.39 is 22.6 Å². The normalized spacial score (nSPS) is 12.0. The number of allylic oxidation sites excluding steroid dienone is 1. The van der Waals surface area contributed by atoms with Crippen molar-refractivity contribution in [1.82, 2.24) is 5.32 Å². The quantitative estimate of drug-likeness (QED) is 0.285. The maximum absolute atomic E-state index is 12.3. The molecular formula is C17H22N2O6. The van der Waals surface area contributed by atoms with Crippen molar-refractivity contribution in [1.29, 1.82) is 0 Å². The number of nitro benzene ring substituents is 1. The molecule has 1 N–H and O–H groups in total. The van der Waals surface area contributed by atoms with Crippen LogP contribution in [0.25, 0.3) is 0 Å². The average Bonchev–Trinajstić information content (AvgIpc) is 2.50. The number of amides is 1. The third-order valence-electron chi connectivity index (χ3n) is 3.05. The molecule has 136 valence electrons. The lowest BCUT2D eigenvalue weighted by Crippen LogP contribution is -2.36. The second-order valence-electron chi connectivity index (χ2n) is 6.28. The van der Waals surface area contributed by atoms with Crippen LogP contribution in [0.3, 0.4) is 0 Å². The SMILES string of the molecule is CC/C(C)=C(\NC(=O)OC(C)(C)C)C(=O)Oc1ccc([N+](=O)[O-])cc1. The molecule has 25 heavy (non-hydrogen) atoms. The Bertz CT molecular complexity index is 686. The first-order valence-electron chi connectivity index (χ1n) is 7.70. The summed E-state index contributed by atoms with van der Waals surface area (Å²) in [5.41, 5.74) is -0.238. The molecule has 0 unspecified atom stereocenters. The summed E-state index contributed by atoms with van der Waals surface area (Å²) in [7, 11) is 0. The molecular weight excluding hydrogens is 328 g/mol. The molecule has 0 bridgehead atoms. The first kappa shape index (κ1) is 20.1. The average molecular weight is 350 g/mol. The molecule has 8 heteroatoms. The Morgan fingerprint density at radius 3 is 2.20 bits per heavy atom. The molecule has 0 aliphatic carbocycles. The van der Waals surface area contributed by atoms with Crippen molar-refractivity contribution in [2.75, 3.05) is 0 Å². The number of nitrogens with one attached hydrogen (secondary N) is 1. The summed E-state index contributed by atoms with van der Waals surface area (Å²) >= 11 is 0. The van der Waals surface area contributed by atoms with E-state index in [1.54, 1.807) is 27.7 Å². The van der Waals surface area contributed by atoms with Gasteiger partial charge in [-0.3, -0.25) is 15.4 Å². The van der Waals surface area contributed by atoms with Gasteiger partial charge in [0, 0.05) is 12.1 Å². The molecule has 1 rings (SSSR count). The highest BCUT2D eigenvalue weighted by molar-refractivity contribution is 5.94. The largest absolute Gasteiger partial charge is 0.444 e. The zero-order valence-electron chi connectivity index (χ0n) is 14.9. The van der Waals surface area contributed by atoms with Gasteiger partial charge in [0.15, 0.2) is 0 Å². The first-order valence-corrected chi connectivity index (χ1v) is 7.70. The molecule has 0 heterocycles. The number of carbonyl (C=O) groups is 2. The van der Waals surface area contributed by atoms with Gasteiger partial charge in [-0.15, -0.1) is 0 Å². The maximum Gasteiger partial charge on any atom is 0.412 e. The van der Waals surface area contributed by atoms with Crippen LogP contribution in [0, 0.1) is 10.1 Å². The molecule has 1 aromatic carbocycles. The predicted octanol–water partition coefficient (Wildman–Crippen LogP) is 3.71. The number of hydrogen-bond donors (Lipinski definition) is 1. The fourth-order valence-electron chi connectivity index (χ4n) is 1.71. The third-order valence-corrected chi connectivity index (χ3v) is 3.05. The Hall–Kier alpha value is -2.90. The summed E-state index contributed by atoms with van der Waals surface area (Å²) in [4.78, 5) is 34.3. The van der Waals surface area contributed by atoms with Gasteiger partial charge in [-0.1, -0.05) is 6.92 Å². The summed E-state index contributed by atoms with van der Waals surface area (Å²) in [6, 6.07) is 5.06. The van der Waals surface area contributed by atoms with Gasteiger partial charge in [0.05, 0.1) is 4.92 Å². The van der Waals surface area contributed by atoms with E-state index in [4.69, 9.17) is 9.47 Å². The fourth-order valence-corrected chi connectivity index (χ4v) is 1.71.